The summed E-state index contributed by atoms with van der Waals surface area (Å²) in [6.07, 6.45) is 0. The topological polar surface area (TPSA) is 27.3 Å². The summed E-state index contributed by atoms with van der Waals surface area (Å²) in [5, 5.41) is 4.65. The number of benzene rings is 7. The van der Waals surface area contributed by atoms with E-state index in [1.807, 2.05) is 12.1 Å². The number of hydrogen-bond donors (Lipinski definition) is 0. The Morgan fingerprint density at radius 3 is 1.89 bits per heavy atom. The highest BCUT2D eigenvalue weighted by atomic mass is 16.5. The second kappa shape index (κ2) is 8.56. The number of rotatable bonds is 1. The van der Waals surface area contributed by atoms with Crippen molar-refractivity contribution in [3.05, 3.63) is 174 Å². The molecule has 0 amide bonds. The molecule has 3 nitrogen and oxygen atoms in total. The summed E-state index contributed by atoms with van der Waals surface area (Å²) < 4.78 is 15.4. The lowest BCUT2D eigenvalue weighted by Gasteiger charge is -2.39. The van der Waals surface area contributed by atoms with Gasteiger partial charge in [0, 0.05) is 44.4 Å². The van der Waals surface area contributed by atoms with Crippen molar-refractivity contribution >= 4 is 43.7 Å². The third kappa shape index (κ3) is 2.89. The van der Waals surface area contributed by atoms with Crippen molar-refractivity contribution in [1.82, 2.24) is 4.57 Å². The van der Waals surface area contributed by atoms with Crippen LogP contribution in [0.4, 0.5) is 0 Å². The quantitative estimate of drug-likeness (QED) is 0.191. The molecule has 0 atom stereocenters. The Morgan fingerprint density at radius 2 is 1.07 bits per heavy atom. The van der Waals surface area contributed by atoms with Gasteiger partial charge in [0.1, 0.15) is 22.7 Å². The van der Waals surface area contributed by atoms with Crippen molar-refractivity contribution in [2.24, 2.45) is 0 Å². The van der Waals surface area contributed by atoms with Gasteiger partial charge < -0.3 is 13.7 Å². The Morgan fingerprint density at radius 1 is 0.413 bits per heavy atom. The summed E-state index contributed by atoms with van der Waals surface area (Å²) in [5.41, 5.74) is 12.2. The molecule has 1 aliphatic heterocycles. The Hall–Kier alpha value is -6.06. The number of ether oxygens (including phenoxy) is 1. The Bertz CT molecular complexity index is 2700. The molecule has 7 aromatic carbocycles. The minimum atomic E-state index is -0.497. The summed E-state index contributed by atoms with van der Waals surface area (Å²) in [6.45, 7) is 0. The lowest BCUT2D eigenvalue weighted by molar-refractivity contribution is 0.437. The highest BCUT2D eigenvalue weighted by Gasteiger charge is 2.51. The van der Waals surface area contributed by atoms with Crippen molar-refractivity contribution in [2.45, 2.75) is 5.41 Å². The van der Waals surface area contributed by atoms with Gasteiger partial charge >= 0.3 is 0 Å². The van der Waals surface area contributed by atoms with Crippen molar-refractivity contribution in [3.63, 3.8) is 0 Å². The zero-order chi connectivity index (χ0) is 30.0. The second-order valence-corrected chi connectivity index (χ2v) is 12.4. The normalized spacial score (nSPS) is 14.0. The Kier molecular flexibility index (Phi) is 4.52. The van der Waals surface area contributed by atoms with Crippen molar-refractivity contribution < 1.29 is 9.15 Å². The Labute approximate surface area is 264 Å². The van der Waals surface area contributed by atoms with E-state index >= 15 is 0 Å². The summed E-state index contributed by atoms with van der Waals surface area (Å²) in [5.74, 6) is 1.78. The lowest BCUT2D eigenvalue weighted by atomic mass is 9.66. The molecule has 3 heteroatoms. The van der Waals surface area contributed by atoms with Crippen LogP contribution in [0, 0.1) is 0 Å². The highest BCUT2D eigenvalue weighted by molar-refractivity contribution is 6.11. The van der Waals surface area contributed by atoms with Gasteiger partial charge in [-0.05, 0) is 64.7 Å². The third-order valence-electron chi connectivity index (χ3n) is 10.3. The monoisotopic (exact) mass is 587 g/mol. The molecule has 0 radical (unpaired) electrons. The number of fused-ring (bicyclic) bond motifs is 15. The molecule has 1 aliphatic carbocycles. The van der Waals surface area contributed by atoms with E-state index in [2.05, 4.69) is 144 Å². The summed E-state index contributed by atoms with van der Waals surface area (Å²) in [7, 11) is 0. The molecular formula is C43H25NO2. The number of furan rings is 1. The maximum absolute atomic E-state index is 6.88. The van der Waals surface area contributed by atoms with Gasteiger partial charge in [0.15, 0.2) is 0 Å². The molecule has 0 unspecified atom stereocenters. The van der Waals surface area contributed by atoms with E-state index in [-0.39, 0.29) is 0 Å². The molecule has 2 aliphatic rings. The summed E-state index contributed by atoms with van der Waals surface area (Å²) >= 11 is 0. The fourth-order valence-electron chi connectivity index (χ4n) is 8.45. The summed E-state index contributed by atoms with van der Waals surface area (Å²) in [6, 6.07) is 54.5. The first-order chi connectivity index (χ1) is 22.8. The minimum absolute atomic E-state index is 0.497. The van der Waals surface area contributed by atoms with Crippen LogP contribution in [0.5, 0.6) is 11.5 Å². The first kappa shape index (κ1) is 24.3. The molecule has 11 rings (SSSR count). The number of nitrogens with zero attached hydrogens (tertiary/aromatic N) is 1. The molecule has 0 fully saturated rings. The van der Waals surface area contributed by atoms with Gasteiger partial charge in [0.05, 0.1) is 16.4 Å². The van der Waals surface area contributed by atoms with E-state index in [1.54, 1.807) is 0 Å². The average molecular weight is 588 g/mol. The fraction of sp³-hybridized carbons (Fsp3) is 0.0233. The molecular weight excluding hydrogens is 562 g/mol. The van der Waals surface area contributed by atoms with Crippen molar-refractivity contribution in [3.8, 4) is 28.3 Å². The molecule has 214 valence electrons. The molecule has 0 bridgehead atoms. The summed E-state index contributed by atoms with van der Waals surface area (Å²) in [4.78, 5) is 0. The van der Waals surface area contributed by atoms with Crippen LogP contribution in [0.2, 0.25) is 0 Å². The van der Waals surface area contributed by atoms with Gasteiger partial charge in [-0.3, -0.25) is 0 Å². The van der Waals surface area contributed by atoms with E-state index in [9.17, 15) is 0 Å². The molecule has 0 saturated heterocycles. The fourth-order valence-corrected chi connectivity index (χ4v) is 8.45. The molecule has 0 N–H and O–H groups in total. The van der Waals surface area contributed by atoms with E-state index in [1.165, 1.54) is 44.2 Å². The smallest absolute Gasteiger partial charge is 0.135 e. The van der Waals surface area contributed by atoms with Crippen LogP contribution in [0.25, 0.3) is 60.6 Å². The van der Waals surface area contributed by atoms with Gasteiger partial charge in [-0.1, -0.05) is 103 Å². The van der Waals surface area contributed by atoms with Gasteiger partial charge in [-0.2, -0.15) is 0 Å². The zero-order valence-electron chi connectivity index (χ0n) is 24.7. The maximum atomic E-state index is 6.88. The molecule has 46 heavy (non-hydrogen) atoms. The predicted molar refractivity (Wildman–Crippen MR) is 185 cm³/mol. The standard InChI is InChI=1S/C43H25NO2/c1-5-15-33-27(11-1)28-12-2-6-16-34(28)43(33)35-17-7-10-20-41(35)46-42-25-38-31(24-36(42)43)29-13-3-8-18-37(29)44(38)26-21-22-40-32(23-26)30-14-4-9-19-39(30)45-40/h1-25H. The minimum Gasteiger partial charge on any atom is -0.457 e. The van der Waals surface area contributed by atoms with Gasteiger partial charge in [-0.25, -0.2) is 0 Å². The van der Waals surface area contributed by atoms with Crippen molar-refractivity contribution in [1.29, 1.82) is 0 Å². The highest BCUT2D eigenvalue weighted by Crippen LogP contribution is 2.62. The largest absolute Gasteiger partial charge is 0.457 e. The first-order valence-electron chi connectivity index (χ1n) is 15.8. The van der Waals surface area contributed by atoms with E-state index in [0.717, 1.165) is 50.2 Å². The Balaban J connectivity index is 1.27. The van der Waals surface area contributed by atoms with Crippen LogP contribution in [0.3, 0.4) is 0 Å². The van der Waals surface area contributed by atoms with Gasteiger partial charge in [0.2, 0.25) is 0 Å². The molecule has 0 saturated carbocycles. The number of aromatic nitrogens is 1. The average Bonchev–Trinajstić information content (AvgIpc) is 3.74. The molecule has 1 spiro atoms. The lowest BCUT2D eigenvalue weighted by Crippen LogP contribution is -2.32. The van der Waals surface area contributed by atoms with E-state index in [4.69, 9.17) is 9.15 Å². The van der Waals surface area contributed by atoms with Gasteiger partial charge in [-0.15, -0.1) is 0 Å². The van der Waals surface area contributed by atoms with Crippen LogP contribution in [-0.2, 0) is 5.41 Å². The van der Waals surface area contributed by atoms with Crippen LogP contribution in [-0.4, -0.2) is 4.57 Å². The van der Waals surface area contributed by atoms with Crippen LogP contribution >= 0.6 is 0 Å². The first-order valence-corrected chi connectivity index (χ1v) is 15.8. The zero-order valence-corrected chi connectivity index (χ0v) is 24.7. The third-order valence-corrected chi connectivity index (χ3v) is 10.3. The van der Waals surface area contributed by atoms with E-state index in [0.29, 0.717) is 0 Å². The number of para-hydroxylation sites is 3. The number of hydrogen-bond acceptors (Lipinski definition) is 2. The van der Waals surface area contributed by atoms with Crippen LogP contribution in [0.1, 0.15) is 22.3 Å². The maximum Gasteiger partial charge on any atom is 0.135 e. The molecule has 9 aromatic rings. The molecule has 3 heterocycles. The van der Waals surface area contributed by atoms with Gasteiger partial charge in [0.25, 0.3) is 0 Å². The predicted octanol–water partition coefficient (Wildman–Crippen LogP) is 11.2. The van der Waals surface area contributed by atoms with E-state index < -0.39 is 5.41 Å². The second-order valence-electron chi connectivity index (χ2n) is 12.4. The van der Waals surface area contributed by atoms with Crippen molar-refractivity contribution in [2.75, 3.05) is 0 Å². The SMILES string of the molecule is c1ccc2c(c1)Oc1cc3c(cc1C21c2ccccc2-c2ccccc21)c1ccccc1n3-c1ccc2oc3ccccc3c2c1. The van der Waals surface area contributed by atoms with Crippen LogP contribution < -0.4 is 4.74 Å². The molecule has 2 aromatic heterocycles. The van der Waals surface area contributed by atoms with Crippen LogP contribution in [0.15, 0.2) is 156 Å².